The van der Waals surface area contributed by atoms with Crippen LogP contribution in [-0.4, -0.2) is 33.3 Å². The highest BCUT2D eigenvalue weighted by atomic mass is 32.2. The maximum atomic E-state index is 14.9. The van der Waals surface area contributed by atoms with Gasteiger partial charge < -0.3 is 0 Å². The number of rotatable bonds is 4. The van der Waals surface area contributed by atoms with Crippen LogP contribution in [0.2, 0.25) is 0 Å². The number of nitrogens with one attached hydrogen (secondary N) is 1. The van der Waals surface area contributed by atoms with Crippen LogP contribution in [0.15, 0.2) is 64.2 Å². The van der Waals surface area contributed by atoms with Crippen molar-refractivity contribution in [2.24, 2.45) is 0 Å². The Labute approximate surface area is 186 Å². The highest BCUT2D eigenvalue weighted by molar-refractivity contribution is 7.92. The van der Waals surface area contributed by atoms with E-state index in [1.54, 1.807) is 29.6 Å². The molecule has 0 bridgehead atoms. The van der Waals surface area contributed by atoms with Crippen molar-refractivity contribution in [1.29, 1.82) is 0 Å². The van der Waals surface area contributed by atoms with Crippen LogP contribution in [0.3, 0.4) is 0 Å². The third-order valence-electron chi connectivity index (χ3n) is 4.89. The number of hydrogen-bond acceptors (Lipinski definition) is 6. The zero-order chi connectivity index (χ0) is 23.0. The molecule has 0 radical (unpaired) electrons. The fourth-order valence-electron chi connectivity index (χ4n) is 3.26. The van der Waals surface area contributed by atoms with Crippen LogP contribution in [-0.2, 0) is 21.2 Å². The predicted octanol–water partition coefficient (Wildman–Crippen LogP) is 3.15. The molecule has 2 heterocycles. The average Bonchev–Trinajstić information content (AvgIpc) is 3.30. The fourth-order valence-corrected chi connectivity index (χ4v) is 5.23. The number of fused-ring (bicyclic) bond motifs is 1. The molecular weight excluding hydrogens is 457 g/mol. The Kier molecular flexibility index (Phi) is 5.53. The third-order valence-corrected chi connectivity index (χ3v) is 7.61. The Morgan fingerprint density at radius 1 is 1.12 bits per heavy atom. The van der Waals surface area contributed by atoms with Gasteiger partial charge in [0.15, 0.2) is 0 Å². The van der Waals surface area contributed by atoms with Gasteiger partial charge in [0, 0.05) is 18.3 Å². The quantitative estimate of drug-likeness (QED) is 0.587. The molecule has 1 aliphatic heterocycles. The summed E-state index contributed by atoms with van der Waals surface area (Å²) in [6, 6.07) is 11.9. The summed E-state index contributed by atoms with van der Waals surface area (Å²) in [5, 5.41) is 1.55. The maximum absolute atomic E-state index is 14.9. The number of hydrogen-bond donors (Lipinski definition) is 1. The summed E-state index contributed by atoms with van der Waals surface area (Å²) >= 11 is 0.945. The molecule has 11 heteroatoms. The predicted molar refractivity (Wildman–Crippen MR) is 117 cm³/mol. The molecule has 164 valence electrons. The van der Waals surface area contributed by atoms with Crippen LogP contribution in [0.1, 0.15) is 15.9 Å². The summed E-state index contributed by atoms with van der Waals surface area (Å²) in [6.07, 6.45) is -0.0496. The van der Waals surface area contributed by atoms with E-state index in [-0.39, 0.29) is 22.0 Å². The summed E-state index contributed by atoms with van der Waals surface area (Å²) in [7, 11) is -2.80. The first-order valence-electron chi connectivity index (χ1n) is 9.28. The third kappa shape index (κ3) is 3.87. The van der Waals surface area contributed by atoms with Gasteiger partial charge in [0.05, 0.1) is 12.1 Å². The molecule has 1 N–H and O–H groups in total. The minimum Gasteiger partial charge on any atom is -0.297 e. The van der Waals surface area contributed by atoms with E-state index in [1.165, 1.54) is 31.3 Å². The lowest BCUT2D eigenvalue weighted by atomic mass is 9.98. The van der Waals surface area contributed by atoms with E-state index < -0.39 is 33.7 Å². The number of halogens is 1. The van der Waals surface area contributed by atoms with E-state index in [0.717, 1.165) is 27.2 Å². The Bertz CT molecular complexity index is 1340. The van der Waals surface area contributed by atoms with Gasteiger partial charge in [-0.2, -0.15) is 0 Å². The average molecular weight is 474 g/mol. The smallest absolute Gasteiger partial charge is 0.297 e. The number of imide groups is 1. The first-order chi connectivity index (χ1) is 15.2. The molecule has 4 rings (SSSR count). The minimum absolute atomic E-state index is 0.0300. The van der Waals surface area contributed by atoms with Crippen molar-refractivity contribution in [2.45, 2.75) is 10.6 Å². The zero-order valence-corrected chi connectivity index (χ0v) is 18.2. The number of benzene rings is 2. The van der Waals surface area contributed by atoms with Crippen LogP contribution in [0.4, 0.5) is 20.6 Å². The van der Waals surface area contributed by atoms with E-state index in [4.69, 9.17) is 0 Å². The molecule has 0 fully saturated rings. The molecule has 1 aliphatic rings. The van der Waals surface area contributed by atoms with Crippen molar-refractivity contribution in [3.8, 4) is 0 Å². The van der Waals surface area contributed by atoms with Gasteiger partial charge in [-0.15, -0.1) is 11.3 Å². The number of carbonyl (C=O) groups excluding carboxylic acids is 3. The summed E-state index contributed by atoms with van der Waals surface area (Å²) in [5.74, 6) is -2.13. The molecule has 8 nitrogen and oxygen atoms in total. The SMILES string of the molecule is CN(C(=O)NS(=O)(=O)c1cccs1)c1ccc(N2C(=O)Cc3ccccc3C2=O)c(F)c1. The van der Waals surface area contributed by atoms with Crippen molar-refractivity contribution < 1.29 is 27.2 Å². The van der Waals surface area contributed by atoms with Crippen molar-refractivity contribution in [2.75, 3.05) is 16.8 Å². The Hall–Kier alpha value is -3.57. The molecule has 0 aliphatic carbocycles. The summed E-state index contributed by atoms with van der Waals surface area (Å²) in [4.78, 5) is 39.4. The molecular formula is C21H16FN3O5S2. The van der Waals surface area contributed by atoms with E-state index in [1.807, 2.05) is 4.72 Å². The molecule has 0 spiro atoms. The standard InChI is InChI=1S/C21H16FN3O5S2/c1-24(21(28)23-32(29,30)19-7-4-10-31-19)14-8-9-17(16(22)12-14)25-18(26)11-13-5-2-3-6-15(13)20(25)27/h2-10,12H,11H2,1H3,(H,23,28). The zero-order valence-electron chi connectivity index (χ0n) is 16.6. The van der Waals surface area contributed by atoms with Crippen molar-refractivity contribution >= 4 is 50.6 Å². The summed E-state index contributed by atoms with van der Waals surface area (Å²) in [5.41, 5.74) is 0.658. The van der Waals surface area contributed by atoms with Gasteiger partial charge in [0.25, 0.3) is 15.9 Å². The minimum atomic E-state index is -4.06. The second kappa shape index (κ2) is 8.17. The monoisotopic (exact) mass is 473 g/mol. The normalized spacial score (nSPS) is 13.6. The molecule has 1 aromatic heterocycles. The largest absolute Gasteiger partial charge is 0.335 e. The number of urea groups is 1. The second-order valence-corrected chi connectivity index (χ2v) is 9.76. The number of carbonyl (C=O) groups is 3. The number of thiophene rings is 1. The summed E-state index contributed by atoms with van der Waals surface area (Å²) in [6.45, 7) is 0. The molecule has 3 aromatic rings. The molecule has 2 aromatic carbocycles. The van der Waals surface area contributed by atoms with E-state index in [9.17, 15) is 27.2 Å². The van der Waals surface area contributed by atoms with Crippen LogP contribution in [0.25, 0.3) is 0 Å². The second-order valence-electron chi connectivity index (χ2n) is 6.91. The highest BCUT2D eigenvalue weighted by Gasteiger charge is 2.33. The lowest BCUT2D eigenvalue weighted by Gasteiger charge is -2.27. The Morgan fingerprint density at radius 3 is 2.56 bits per heavy atom. The van der Waals surface area contributed by atoms with Gasteiger partial charge in [-0.05, 0) is 41.3 Å². The van der Waals surface area contributed by atoms with Crippen LogP contribution in [0, 0.1) is 5.82 Å². The molecule has 4 amide bonds. The van der Waals surface area contributed by atoms with E-state index in [0.29, 0.717) is 11.1 Å². The fraction of sp³-hybridized carbons (Fsp3) is 0.0952. The molecule has 32 heavy (non-hydrogen) atoms. The van der Waals surface area contributed by atoms with Gasteiger partial charge in [-0.1, -0.05) is 24.3 Å². The Balaban J connectivity index is 1.58. The van der Waals surface area contributed by atoms with Gasteiger partial charge >= 0.3 is 6.03 Å². The number of amides is 4. The molecule has 0 saturated carbocycles. The topological polar surface area (TPSA) is 104 Å². The van der Waals surface area contributed by atoms with E-state index in [2.05, 4.69) is 0 Å². The van der Waals surface area contributed by atoms with Crippen molar-refractivity contribution in [1.82, 2.24) is 4.72 Å². The first-order valence-corrected chi connectivity index (χ1v) is 11.6. The van der Waals surface area contributed by atoms with Gasteiger partial charge in [-0.3, -0.25) is 14.5 Å². The van der Waals surface area contributed by atoms with Gasteiger partial charge in [0.1, 0.15) is 10.0 Å². The van der Waals surface area contributed by atoms with Crippen molar-refractivity contribution in [3.05, 3.63) is 76.9 Å². The van der Waals surface area contributed by atoms with Crippen molar-refractivity contribution in [3.63, 3.8) is 0 Å². The van der Waals surface area contributed by atoms with Gasteiger partial charge in [0.2, 0.25) is 5.91 Å². The van der Waals surface area contributed by atoms with Crippen LogP contribution >= 0.6 is 11.3 Å². The number of anilines is 2. The van der Waals surface area contributed by atoms with E-state index >= 15 is 0 Å². The highest BCUT2D eigenvalue weighted by Crippen LogP contribution is 2.30. The molecule has 0 saturated heterocycles. The first kappa shape index (κ1) is 21.7. The van der Waals surface area contributed by atoms with Crippen LogP contribution < -0.4 is 14.5 Å². The lowest BCUT2D eigenvalue weighted by molar-refractivity contribution is -0.117. The Morgan fingerprint density at radius 2 is 1.88 bits per heavy atom. The van der Waals surface area contributed by atoms with Gasteiger partial charge in [-0.25, -0.2) is 27.2 Å². The number of nitrogens with zero attached hydrogens (tertiary/aromatic N) is 2. The molecule has 0 unspecified atom stereocenters. The summed E-state index contributed by atoms with van der Waals surface area (Å²) < 4.78 is 41.3. The molecule has 0 atom stereocenters. The van der Waals surface area contributed by atoms with Crippen LogP contribution in [0.5, 0.6) is 0 Å². The maximum Gasteiger partial charge on any atom is 0.335 e. The number of sulfonamides is 1. The lowest BCUT2D eigenvalue weighted by Crippen LogP contribution is -2.43.